The van der Waals surface area contributed by atoms with Crippen molar-refractivity contribution in [3.05, 3.63) is 29.6 Å². The number of hydrogen-bond acceptors (Lipinski definition) is 2. The van der Waals surface area contributed by atoms with Gasteiger partial charge in [0.2, 0.25) is 5.91 Å². The van der Waals surface area contributed by atoms with Crippen LogP contribution < -0.4 is 11.1 Å². The second kappa shape index (κ2) is 5.61. The van der Waals surface area contributed by atoms with Crippen molar-refractivity contribution in [1.29, 1.82) is 0 Å². The summed E-state index contributed by atoms with van der Waals surface area (Å²) in [4.78, 5) is 12.0. The summed E-state index contributed by atoms with van der Waals surface area (Å²) in [5, 5.41) is 2.31. The van der Waals surface area contributed by atoms with Crippen molar-refractivity contribution in [2.75, 3.05) is 11.9 Å². The molecule has 1 saturated carbocycles. The first-order valence-electron chi connectivity index (χ1n) is 6.19. The quantitative estimate of drug-likeness (QED) is 0.830. The molecule has 1 amide bonds. The SMILES string of the molecule is NCC1CCCC1C(=O)Nc1ccc(F)c(F)c1F. The van der Waals surface area contributed by atoms with Gasteiger partial charge in [-0.05, 0) is 37.4 Å². The molecule has 3 N–H and O–H groups in total. The first kappa shape index (κ1) is 13.9. The van der Waals surface area contributed by atoms with Gasteiger partial charge in [0.1, 0.15) is 0 Å². The maximum absolute atomic E-state index is 13.4. The molecule has 2 unspecified atom stereocenters. The van der Waals surface area contributed by atoms with Crippen molar-refractivity contribution in [2.45, 2.75) is 19.3 Å². The summed E-state index contributed by atoms with van der Waals surface area (Å²) in [5.74, 6) is -4.87. The summed E-state index contributed by atoms with van der Waals surface area (Å²) in [7, 11) is 0. The smallest absolute Gasteiger partial charge is 0.227 e. The Balaban J connectivity index is 2.13. The molecule has 0 bridgehead atoms. The Bertz CT molecular complexity index is 493. The third kappa shape index (κ3) is 2.73. The number of nitrogens with two attached hydrogens (primary N) is 1. The van der Waals surface area contributed by atoms with Gasteiger partial charge in [-0.25, -0.2) is 13.2 Å². The van der Waals surface area contributed by atoms with E-state index in [1.54, 1.807) is 0 Å². The molecule has 3 nitrogen and oxygen atoms in total. The molecule has 2 rings (SSSR count). The van der Waals surface area contributed by atoms with Crippen molar-refractivity contribution in [2.24, 2.45) is 17.6 Å². The van der Waals surface area contributed by atoms with Crippen LogP contribution in [0.25, 0.3) is 0 Å². The Morgan fingerprint density at radius 1 is 1.26 bits per heavy atom. The molecule has 0 heterocycles. The van der Waals surface area contributed by atoms with Crippen LogP contribution in [0.1, 0.15) is 19.3 Å². The molecule has 0 radical (unpaired) electrons. The summed E-state index contributed by atoms with van der Waals surface area (Å²) in [5.41, 5.74) is 5.22. The fourth-order valence-electron chi connectivity index (χ4n) is 2.51. The molecule has 1 aliphatic carbocycles. The van der Waals surface area contributed by atoms with E-state index in [1.807, 2.05) is 0 Å². The molecule has 1 fully saturated rings. The third-order valence-corrected chi connectivity index (χ3v) is 3.59. The van der Waals surface area contributed by atoms with E-state index in [0.29, 0.717) is 13.0 Å². The lowest BCUT2D eigenvalue weighted by Gasteiger charge is -2.17. The molecular formula is C13H15F3N2O. The molecule has 6 heteroatoms. The van der Waals surface area contributed by atoms with E-state index in [9.17, 15) is 18.0 Å². The van der Waals surface area contributed by atoms with E-state index < -0.39 is 23.4 Å². The van der Waals surface area contributed by atoms with Crippen LogP contribution in [0.5, 0.6) is 0 Å². The van der Waals surface area contributed by atoms with Gasteiger partial charge in [-0.3, -0.25) is 4.79 Å². The molecule has 0 aromatic heterocycles. The standard InChI is InChI=1S/C13H15F3N2O/c14-9-4-5-10(12(16)11(9)15)18-13(19)8-3-1-2-7(8)6-17/h4-5,7-8H,1-3,6,17H2,(H,18,19). The Hall–Kier alpha value is -1.56. The first-order chi connectivity index (χ1) is 9.04. The van der Waals surface area contributed by atoms with Gasteiger partial charge in [0.05, 0.1) is 5.69 Å². The maximum Gasteiger partial charge on any atom is 0.227 e. The van der Waals surface area contributed by atoms with Gasteiger partial charge < -0.3 is 11.1 Å². The highest BCUT2D eigenvalue weighted by molar-refractivity contribution is 5.93. The average Bonchev–Trinajstić information content (AvgIpc) is 2.88. The minimum Gasteiger partial charge on any atom is -0.330 e. The Labute approximate surface area is 109 Å². The van der Waals surface area contributed by atoms with E-state index in [4.69, 9.17) is 5.73 Å². The van der Waals surface area contributed by atoms with E-state index in [2.05, 4.69) is 5.32 Å². The highest BCUT2D eigenvalue weighted by Crippen LogP contribution is 2.32. The van der Waals surface area contributed by atoms with Crippen LogP contribution >= 0.6 is 0 Å². The highest BCUT2D eigenvalue weighted by atomic mass is 19.2. The van der Waals surface area contributed by atoms with Crippen LogP contribution in [0.2, 0.25) is 0 Å². The van der Waals surface area contributed by atoms with E-state index in [1.165, 1.54) is 0 Å². The van der Waals surface area contributed by atoms with Crippen LogP contribution in [0.3, 0.4) is 0 Å². The average molecular weight is 272 g/mol. The Morgan fingerprint density at radius 3 is 2.68 bits per heavy atom. The van der Waals surface area contributed by atoms with E-state index in [-0.39, 0.29) is 17.5 Å². The zero-order valence-corrected chi connectivity index (χ0v) is 10.3. The largest absolute Gasteiger partial charge is 0.330 e. The van der Waals surface area contributed by atoms with Crippen molar-refractivity contribution in [3.8, 4) is 0 Å². The Morgan fingerprint density at radius 2 is 2.00 bits per heavy atom. The molecule has 1 aliphatic rings. The van der Waals surface area contributed by atoms with E-state index in [0.717, 1.165) is 25.0 Å². The van der Waals surface area contributed by atoms with Crippen molar-refractivity contribution in [1.82, 2.24) is 0 Å². The molecule has 104 valence electrons. The molecule has 0 aliphatic heterocycles. The molecule has 0 spiro atoms. The topological polar surface area (TPSA) is 55.1 Å². The minimum absolute atomic E-state index is 0.0633. The zero-order valence-electron chi connectivity index (χ0n) is 10.3. The van der Waals surface area contributed by atoms with Crippen LogP contribution in [0.15, 0.2) is 12.1 Å². The fraction of sp³-hybridized carbons (Fsp3) is 0.462. The molecule has 1 aromatic rings. The summed E-state index contributed by atoms with van der Waals surface area (Å²) in [6.07, 6.45) is 2.42. The predicted octanol–water partition coefficient (Wildman–Crippen LogP) is 2.42. The molecule has 1 aromatic carbocycles. The van der Waals surface area contributed by atoms with Gasteiger partial charge in [-0.2, -0.15) is 0 Å². The summed E-state index contributed by atoms with van der Waals surface area (Å²) < 4.78 is 39.2. The first-order valence-corrected chi connectivity index (χ1v) is 6.19. The van der Waals surface area contributed by atoms with Crippen LogP contribution in [0, 0.1) is 29.3 Å². The summed E-state index contributed by atoms with van der Waals surface area (Å²) >= 11 is 0. The normalized spacial score (nSPS) is 22.5. The van der Waals surface area contributed by atoms with Gasteiger partial charge in [0.15, 0.2) is 17.5 Å². The molecule has 19 heavy (non-hydrogen) atoms. The summed E-state index contributed by atoms with van der Waals surface area (Å²) in [6.45, 7) is 0.387. The van der Waals surface area contributed by atoms with Gasteiger partial charge in [0.25, 0.3) is 0 Å². The minimum atomic E-state index is -1.58. The van der Waals surface area contributed by atoms with Gasteiger partial charge in [-0.1, -0.05) is 6.42 Å². The van der Waals surface area contributed by atoms with Crippen molar-refractivity contribution in [3.63, 3.8) is 0 Å². The lowest BCUT2D eigenvalue weighted by atomic mass is 9.95. The molecular weight excluding hydrogens is 257 g/mol. The molecule has 2 atom stereocenters. The number of anilines is 1. The number of nitrogens with one attached hydrogen (secondary N) is 1. The van der Waals surface area contributed by atoms with Crippen LogP contribution in [-0.2, 0) is 4.79 Å². The third-order valence-electron chi connectivity index (χ3n) is 3.59. The number of hydrogen-bond donors (Lipinski definition) is 2. The lowest BCUT2D eigenvalue weighted by Crippen LogP contribution is -2.30. The van der Waals surface area contributed by atoms with Gasteiger partial charge in [0, 0.05) is 5.92 Å². The lowest BCUT2D eigenvalue weighted by molar-refractivity contribution is -0.120. The number of amides is 1. The monoisotopic (exact) mass is 272 g/mol. The van der Waals surface area contributed by atoms with Gasteiger partial charge in [-0.15, -0.1) is 0 Å². The van der Waals surface area contributed by atoms with E-state index >= 15 is 0 Å². The second-order valence-electron chi connectivity index (χ2n) is 4.75. The fourth-order valence-corrected chi connectivity index (χ4v) is 2.51. The summed E-state index contributed by atoms with van der Waals surface area (Å²) in [6, 6.07) is 1.79. The number of benzene rings is 1. The number of carbonyl (C=O) groups excluding carboxylic acids is 1. The second-order valence-corrected chi connectivity index (χ2v) is 4.75. The number of carbonyl (C=O) groups is 1. The number of halogens is 3. The van der Waals surface area contributed by atoms with Crippen molar-refractivity contribution < 1.29 is 18.0 Å². The molecule has 0 saturated heterocycles. The predicted molar refractivity (Wildman–Crippen MR) is 64.8 cm³/mol. The van der Waals surface area contributed by atoms with Crippen molar-refractivity contribution >= 4 is 11.6 Å². The van der Waals surface area contributed by atoms with Crippen LogP contribution in [-0.4, -0.2) is 12.5 Å². The highest BCUT2D eigenvalue weighted by Gasteiger charge is 2.32. The van der Waals surface area contributed by atoms with Gasteiger partial charge >= 0.3 is 0 Å². The zero-order chi connectivity index (χ0) is 14.0. The maximum atomic E-state index is 13.4. The van der Waals surface area contributed by atoms with Crippen LogP contribution in [0.4, 0.5) is 18.9 Å². The Kier molecular flexibility index (Phi) is 4.09. The number of rotatable bonds is 3.